The molecular formula is C20H25N3O3S. The topological polar surface area (TPSA) is 77.0 Å². The highest BCUT2D eigenvalue weighted by Crippen LogP contribution is 2.22. The first-order chi connectivity index (χ1) is 12.9. The lowest BCUT2D eigenvalue weighted by Crippen LogP contribution is -2.26. The van der Waals surface area contributed by atoms with E-state index in [2.05, 4.69) is 16.9 Å². The van der Waals surface area contributed by atoms with Crippen LogP contribution in [0.25, 0.3) is 10.2 Å². The fourth-order valence-electron chi connectivity index (χ4n) is 2.85. The predicted molar refractivity (Wildman–Crippen MR) is 109 cm³/mol. The molecule has 144 valence electrons. The molecule has 0 saturated heterocycles. The van der Waals surface area contributed by atoms with Crippen LogP contribution in [0, 0.1) is 5.92 Å². The van der Waals surface area contributed by atoms with Crippen LogP contribution in [-0.2, 0) is 19.4 Å². The van der Waals surface area contributed by atoms with Crippen molar-refractivity contribution in [1.29, 1.82) is 0 Å². The van der Waals surface area contributed by atoms with E-state index < -0.39 is 0 Å². The molecule has 6 nitrogen and oxygen atoms in total. The van der Waals surface area contributed by atoms with E-state index >= 15 is 0 Å². The third-order valence-corrected chi connectivity index (χ3v) is 5.46. The molecule has 0 spiro atoms. The molecule has 3 rings (SSSR count). The Kier molecular flexibility index (Phi) is 5.79. The molecule has 0 saturated carbocycles. The summed E-state index contributed by atoms with van der Waals surface area (Å²) in [7, 11) is 0. The number of aromatic amines is 1. The third kappa shape index (κ3) is 4.13. The summed E-state index contributed by atoms with van der Waals surface area (Å²) in [6, 6.07) is 3.42. The molecule has 0 bridgehead atoms. The van der Waals surface area contributed by atoms with Crippen molar-refractivity contribution < 1.29 is 4.74 Å². The van der Waals surface area contributed by atoms with Gasteiger partial charge in [-0.1, -0.05) is 27.7 Å². The van der Waals surface area contributed by atoms with E-state index in [1.165, 1.54) is 6.07 Å². The highest BCUT2D eigenvalue weighted by Gasteiger charge is 2.14. The Morgan fingerprint density at radius 1 is 1.22 bits per heavy atom. The molecule has 27 heavy (non-hydrogen) atoms. The summed E-state index contributed by atoms with van der Waals surface area (Å²) in [5.74, 6) is 1.36. The van der Waals surface area contributed by atoms with Gasteiger partial charge >= 0.3 is 0 Å². The number of rotatable bonds is 7. The Labute approximate surface area is 161 Å². The number of aromatic nitrogens is 3. The first-order valence-corrected chi connectivity index (χ1v) is 10.1. The third-order valence-electron chi connectivity index (χ3n) is 4.28. The van der Waals surface area contributed by atoms with Gasteiger partial charge in [0.1, 0.15) is 10.7 Å². The lowest BCUT2D eigenvalue weighted by Gasteiger charge is -2.12. The average Bonchev–Trinajstić information content (AvgIpc) is 3.06. The van der Waals surface area contributed by atoms with Gasteiger partial charge in [-0.05, 0) is 18.4 Å². The zero-order valence-electron chi connectivity index (χ0n) is 16.2. The van der Waals surface area contributed by atoms with Gasteiger partial charge in [0.2, 0.25) is 5.43 Å². The van der Waals surface area contributed by atoms with E-state index in [0.29, 0.717) is 35.8 Å². The molecule has 3 heterocycles. The van der Waals surface area contributed by atoms with Gasteiger partial charge in [0.15, 0.2) is 5.75 Å². The Bertz CT molecular complexity index is 1060. The van der Waals surface area contributed by atoms with E-state index in [-0.39, 0.29) is 17.5 Å². The molecule has 0 aliphatic rings. The van der Waals surface area contributed by atoms with Gasteiger partial charge in [0.05, 0.1) is 18.5 Å². The van der Waals surface area contributed by atoms with E-state index in [9.17, 15) is 9.59 Å². The van der Waals surface area contributed by atoms with Gasteiger partial charge in [-0.15, -0.1) is 11.3 Å². The van der Waals surface area contributed by atoms with Crippen LogP contribution in [-0.4, -0.2) is 21.1 Å². The number of ether oxygens (including phenoxy) is 1. The highest BCUT2D eigenvalue weighted by molar-refractivity contribution is 7.18. The molecule has 3 aromatic heterocycles. The highest BCUT2D eigenvalue weighted by atomic mass is 32.1. The average molecular weight is 388 g/mol. The lowest BCUT2D eigenvalue weighted by atomic mass is 10.2. The molecule has 0 atom stereocenters. The van der Waals surface area contributed by atoms with Gasteiger partial charge in [0.25, 0.3) is 5.56 Å². The van der Waals surface area contributed by atoms with Crippen LogP contribution in [0.1, 0.15) is 44.1 Å². The molecule has 1 N–H and O–H groups in total. The number of hydrogen-bond donors (Lipinski definition) is 1. The molecule has 0 aliphatic heterocycles. The Hall–Kier alpha value is -2.41. The molecule has 0 fully saturated rings. The van der Waals surface area contributed by atoms with Gasteiger partial charge < -0.3 is 9.72 Å². The fraction of sp³-hybridized carbons (Fsp3) is 0.450. The largest absolute Gasteiger partial charge is 0.488 e. The van der Waals surface area contributed by atoms with Crippen LogP contribution in [0.2, 0.25) is 0 Å². The van der Waals surface area contributed by atoms with Crippen LogP contribution >= 0.6 is 11.3 Å². The molecule has 0 unspecified atom stereocenters. The number of hydrogen-bond acceptors (Lipinski definition) is 5. The maximum atomic E-state index is 13.0. The summed E-state index contributed by atoms with van der Waals surface area (Å²) in [5.41, 5.74) is 0.405. The molecule has 0 amide bonds. The fourth-order valence-corrected chi connectivity index (χ4v) is 3.82. The standard InChI is InChI=1S/C20H25N3O3S/c1-5-14-8-15-19(27-14)22-18(6-2)23(20(15)25)10-13-7-16(24)17(9-21-13)26-11-12(3)4/h7-9,12H,5-6,10-11H2,1-4H3,(H,21,24). The second-order valence-corrected chi connectivity index (χ2v) is 8.06. The quantitative estimate of drug-likeness (QED) is 0.674. The number of aryl methyl sites for hydroxylation is 2. The van der Waals surface area contributed by atoms with Crippen molar-refractivity contribution in [3.05, 3.63) is 55.3 Å². The Morgan fingerprint density at radius 3 is 2.63 bits per heavy atom. The van der Waals surface area contributed by atoms with Crippen molar-refractivity contribution in [2.24, 2.45) is 5.92 Å². The summed E-state index contributed by atoms with van der Waals surface area (Å²) < 4.78 is 7.17. The number of H-pyrrole nitrogens is 1. The number of pyridine rings is 1. The van der Waals surface area contributed by atoms with Crippen LogP contribution in [0.4, 0.5) is 0 Å². The molecule has 7 heteroatoms. The minimum absolute atomic E-state index is 0.0613. The van der Waals surface area contributed by atoms with Crippen molar-refractivity contribution in [3.63, 3.8) is 0 Å². The molecule has 0 aromatic carbocycles. The van der Waals surface area contributed by atoms with Crippen molar-refractivity contribution >= 4 is 21.6 Å². The monoisotopic (exact) mass is 387 g/mol. The molecule has 0 aliphatic carbocycles. The second-order valence-electron chi connectivity index (χ2n) is 6.95. The number of thiophene rings is 1. The second kappa shape index (κ2) is 8.08. The van der Waals surface area contributed by atoms with E-state index in [1.54, 1.807) is 22.1 Å². The van der Waals surface area contributed by atoms with E-state index in [0.717, 1.165) is 22.0 Å². The summed E-state index contributed by atoms with van der Waals surface area (Å²) >= 11 is 1.57. The first kappa shape index (κ1) is 19.4. The minimum atomic E-state index is -0.187. The van der Waals surface area contributed by atoms with Crippen molar-refractivity contribution in [1.82, 2.24) is 14.5 Å². The summed E-state index contributed by atoms with van der Waals surface area (Å²) in [6.07, 6.45) is 3.10. The van der Waals surface area contributed by atoms with Crippen LogP contribution in [0.5, 0.6) is 5.75 Å². The van der Waals surface area contributed by atoms with Gasteiger partial charge in [-0.25, -0.2) is 4.98 Å². The molecule has 0 radical (unpaired) electrons. The van der Waals surface area contributed by atoms with E-state index in [4.69, 9.17) is 4.74 Å². The maximum absolute atomic E-state index is 13.0. The van der Waals surface area contributed by atoms with E-state index in [1.807, 2.05) is 26.8 Å². The summed E-state index contributed by atoms with van der Waals surface area (Å²) in [5, 5.41) is 0.647. The Balaban J connectivity index is 1.96. The summed E-state index contributed by atoms with van der Waals surface area (Å²) in [4.78, 5) is 35.0. The number of fused-ring (bicyclic) bond motifs is 1. The van der Waals surface area contributed by atoms with Gasteiger partial charge in [-0.2, -0.15) is 0 Å². The van der Waals surface area contributed by atoms with Gasteiger partial charge in [0, 0.05) is 29.3 Å². The van der Waals surface area contributed by atoms with Gasteiger partial charge in [-0.3, -0.25) is 14.2 Å². The lowest BCUT2D eigenvalue weighted by molar-refractivity contribution is 0.267. The summed E-state index contributed by atoms with van der Waals surface area (Å²) in [6.45, 7) is 8.86. The maximum Gasteiger partial charge on any atom is 0.262 e. The number of nitrogens with one attached hydrogen (secondary N) is 1. The van der Waals surface area contributed by atoms with Crippen molar-refractivity contribution in [3.8, 4) is 5.75 Å². The smallest absolute Gasteiger partial charge is 0.262 e. The minimum Gasteiger partial charge on any atom is -0.488 e. The first-order valence-electron chi connectivity index (χ1n) is 9.29. The van der Waals surface area contributed by atoms with Crippen LogP contribution in [0.15, 0.2) is 27.9 Å². The van der Waals surface area contributed by atoms with Crippen molar-refractivity contribution in [2.45, 2.75) is 47.1 Å². The van der Waals surface area contributed by atoms with Crippen LogP contribution in [0.3, 0.4) is 0 Å². The zero-order chi connectivity index (χ0) is 19.6. The molecule has 3 aromatic rings. The SMILES string of the molecule is CCc1cc2c(=O)n(Cc3cc(=O)c(OCC(C)C)c[nH]3)c(CC)nc2s1. The Morgan fingerprint density at radius 2 is 2.00 bits per heavy atom. The van der Waals surface area contributed by atoms with Crippen molar-refractivity contribution in [2.75, 3.05) is 6.61 Å². The normalized spacial score (nSPS) is 11.4. The number of nitrogens with zero attached hydrogens (tertiary/aromatic N) is 2. The van der Waals surface area contributed by atoms with Crippen LogP contribution < -0.4 is 15.7 Å². The molecular weight excluding hydrogens is 362 g/mol. The zero-order valence-corrected chi connectivity index (χ0v) is 17.0. The predicted octanol–water partition coefficient (Wildman–Crippen LogP) is 3.35.